The molecule has 1 fully saturated rings. The van der Waals surface area contributed by atoms with E-state index in [-0.39, 0.29) is 11.9 Å². The van der Waals surface area contributed by atoms with Crippen molar-refractivity contribution in [2.75, 3.05) is 6.26 Å². The lowest BCUT2D eigenvalue weighted by Gasteiger charge is -2.20. The molecule has 0 aromatic heterocycles. The first-order chi connectivity index (χ1) is 8.60. The molecule has 3 atom stereocenters. The first kappa shape index (κ1) is 14.4. The zero-order valence-corrected chi connectivity index (χ0v) is 13.2. The van der Waals surface area contributed by atoms with Crippen LogP contribution in [-0.4, -0.2) is 17.5 Å². The minimum atomic E-state index is -0.135. The summed E-state index contributed by atoms with van der Waals surface area (Å²) < 4.78 is 14.6. The third kappa shape index (κ3) is 3.49. The summed E-state index contributed by atoms with van der Waals surface area (Å²) in [5.41, 5.74) is 0.755. The molecule has 18 heavy (non-hydrogen) atoms. The van der Waals surface area contributed by atoms with Crippen LogP contribution in [0.25, 0.3) is 0 Å². The Hall–Kier alpha value is -0.0600. The minimum Gasteiger partial charge on any atom is -0.307 e. The summed E-state index contributed by atoms with van der Waals surface area (Å²) in [5.74, 6) is -0.135. The van der Waals surface area contributed by atoms with Gasteiger partial charge in [0.05, 0.1) is 0 Å². The van der Waals surface area contributed by atoms with Crippen molar-refractivity contribution >= 4 is 27.7 Å². The number of nitrogens with one attached hydrogen (secondary N) is 1. The van der Waals surface area contributed by atoms with Gasteiger partial charge in [0.1, 0.15) is 5.82 Å². The van der Waals surface area contributed by atoms with Crippen LogP contribution in [0, 0.1) is 5.82 Å². The molecule has 100 valence electrons. The van der Waals surface area contributed by atoms with Gasteiger partial charge in [-0.25, -0.2) is 4.39 Å². The van der Waals surface area contributed by atoms with Gasteiger partial charge in [0.25, 0.3) is 0 Å². The average Bonchev–Trinajstić information content (AvgIpc) is 2.76. The Balaban J connectivity index is 1.97. The fraction of sp³-hybridized carbons (Fsp3) is 0.571. The van der Waals surface area contributed by atoms with E-state index in [2.05, 4.69) is 27.5 Å². The molecule has 4 heteroatoms. The highest BCUT2D eigenvalue weighted by atomic mass is 79.9. The quantitative estimate of drug-likeness (QED) is 0.870. The molecule has 1 aromatic carbocycles. The lowest BCUT2D eigenvalue weighted by molar-refractivity contribution is 0.448. The molecule has 1 aromatic rings. The second-order valence-electron chi connectivity index (χ2n) is 4.92. The highest BCUT2D eigenvalue weighted by molar-refractivity contribution is 9.10. The Kier molecular flexibility index (Phi) is 5.10. The number of hydrogen-bond donors (Lipinski definition) is 1. The molecule has 1 aliphatic rings. The summed E-state index contributed by atoms with van der Waals surface area (Å²) in [6.07, 6.45) is 5.84. The van der Waals surface area contributed by atoms with Crippen LogP contribution in [0.15, 0.2) is 22.7 Å². The number of benzene rings is 1. The SMILES string of the molecule is CSC1CCC(NC(C)c2ccc(Br)cc2F)C1. The van der Waals surface area contributed by atoms with Crippen LogP contribution in [-0.2, 0) is 0 Å². The van der Waals surface area contributed by atoms with Gasteiger partial charge in [-0.1, -0.05) is 22.0 Å². The van der Waals surface area contributed by atoms with Crippen molar-refractivity contribution in [2.45, 2.75) is 43.5 Å². The zero-order chi connectivity index (χ0) is 13.1. The summed E-state index contributed by atoms with van der Waals surface area (Å²) >= 11 is 5.23. The maximum absolute atomic E-state index is 13.8. The van der Waals surface area contributed by atoms with E-state index in [1.165, 1.54) is 25.3 Å². The fourth-order valence-corrected chi connectivity index (χ4v) is 3.73. The molecule has 0 aliphatic heterocycles. The van der Waals surface area contributed by atoms with Gasteiger partial charge in [-0.2, -0.15) is 11.8 Å². The lowest BCUT2D eigenvalue weighted by Crippen LogP contribution is -2.30. The summed E-state index contributed by atoms with van der Waals surface area (Å²) in [7, 11) is 0. The van der Waals surface area contributed by atoms with Crippen molar-refractivity contribution < 1.29 is 4.39 Å². The molecule has 0 heterocycles. The van der Waals surface area contributed by atoms with E-state index in [1.54, 1.807) is 0 Å². The summed E-state index contributed by atoms with van der Waals surface area (Å²) in [6.45, 7) is 2.04. The monoisotopic (exact) mass is 331 g/mol. The third-order valence-electron chi connectivity index (χ3n) is 3.63. The molecular weight excluding hydrogens is 313 g/mol. The summed E-state index contributed by atoms with van der Waals surface area (Å²) in [6, 6.07) is 5.89. The van der Waals surface area contributed by atoms with Crippen molar-refractivity contribution in [1.29, 1.82) is 0 Å². The van der Waals surface area contributed by atoms with Crippen LogP contribution in [0.3, 0.4) is 0 Å². The van der Waals surface area contributed by atoms with Crippen molar-refractivity contribution in [1.82, 2.24) is 5.32 Å². The third-order valence-corrected chi connectivity index (χ3v) is 5.22. The highest BCUT2D eigenvalue weighted by Gasteiger charge is 2.25. The van der Waals surface area contributed by atoms with E-state index < -0.39 is 0 Å². The van der Waals surface area contributed by atoms with Crippen molar-refractivity contribution in [3.63, 3.8) is 0 Å². The van der Waals surface area contributed by atoms with Gasteiger partial charge < -0.3 is 5.32 Å². The molecule has 0 saturated heterocycles. The number of halogens is 2. The van der Waals surface area contributed by atoms with Crippen LogP contribution < -0.4 is 5.32 Å². The molecule has 1 nitrogen and oxygen atoms in total. The topological polar surface area (TPSA) is 12.0 Å². The molecule has 0 spiro atoms. The predicted molar refractivity (Wildman–Crippen MR) is 80.6 cm³/mol. The second kappa shape index (κ2) is 6.40. The van der Waals surface area contributed by atoms with Crippen molar-refractivity contribution in [3.8, 4) is 0 Å². The molecular formula is C14H19BrFNS. The van der Waals surface area contributed by atoms with Gasteiger partial charge in [0, 0.05) is 27.4 Å². The minimum absolute atomic E-state index is 0.0729. The normalized spacial score (nSPS) is 25.3. The van der Waals surface area contributed by atoms with Gasteiger partial charge in [0.2, 0.25) is 0 Å². The van der Waals surface area contributed by atoms with Gasteiger partial charge in [-0.15, -0.1) is 0 Å². The van der Waals surface area contributed by atoms with Crippen LogP contribution in [0.4, 0.5) is 4.39 Å². The van der Waals surface area contributed by atoms with E-state index in [0.717, 1.165) is 15.3 Å². The highest BCUT2D eigenvalue weighted by Crippen LogP contribution is 2.30. The van der Waals surface area contributed by atoms with Crippen LogP contribution in [0.1, 0.15) is 37.8 Å². The predicted octanol–water partition coefficient (Wildman–Crippen LogP) is 4.52. The Bertz CT molecular complexity index is 413. The first-order valence-corrected chi connectivity index (χ1v) is 8.42. The molecule has 1 aliphatic carbocycles. The average molecular weight is 332 g/mol. The maximum atomic E-state index is 13.8. The standard InChI is InChI=1S/C14H19BrFNS/c1-9(13-6-3-10(15)7-14(13)16)17-11-4-5-12(8-11)18-2/h3,6-7,9,11-12,17H,4-5,8H2,1-2H3. The molecule has 0 radical (unpaired) electrons. The Morgan fingerprint density at radius 2 is 2.22 bits per heavy atom. The number of hydrogen-bond acceptors (Lipinski definition) is 2. The second-order valence-corrected chi connectivity index (χ2v) is 6.98. The molecule has 1 N–H and O–H groups in total. The first-order valence-electron chi connectivity index (χ1n) is 6.34. The summed E-state index contributed by atoms with van der Waals surface area (Å²) in [4.78, 5) is 0. The summed E-state index contributed by atoms with van der Waals surface area (Å²) in [5, 5.41) is 4.32. The molecule has 0 bridgehead atoms. The van der Waals surface area contributed by atoms with E-state index in [1.807, 2.05) is 30.8 Å². The van der Waals surface area contributed by atoms with Gasteiger partial charge in [-0.3, -0.25) is 0 Å². The lowest BCUT2D eigenvalue weighted by atomic mass is 10.1. The molecule has 3 unspecified atom stereocenters. The largest absolute Gasteiger partial charge is 0.307 e. The van der Waals surface area contributed by atoms with E-state index in [4.69, 9.17) is 0 Å². The molecule has 0 amide bonds. The Labute approximate surface area is 121 Å². The smallest absolute Gasteiger partial charge is 0.129 e. The van der Waals surface area contributed by atoms with Crippen LogP contribution in [0.2, 0.25) is 0 Å². The van der Waals surface area contributed by atoms with Gasteiger partial charge >= 0.3 is 0 Å². The molecule has 2 rings (SSSR count). The van der Waals surface area contributed by atoms with Crippen LogP contribution in [0.5, 0.6) is 0 Å². The Morgan fingerprint density at radius 3 is 2.83 bits per heavy atom. The van der Waals surface area contributed by atoms with E-state index >= 15 is 0 Å². The zero-order valence-electron chi connectivity index (χ0n) is 10.7. The van der Waals surface area contributed by atoms with Gasteiger partial charge in [0.15, 0.2) is 0 Å². The fourth-order valence-electron chi connectivity index (χ4n) is 2.60. The van der Waals surface area contributed by atoms with Crippen LogP contribution >= 0.6 is 27.7 Å². The van der Waals surface area contributed by atoms with Crippen molar-refractivity contribution in [2.24, 2.45) is 0 Å². The van der Waals surface area contributed by atoms with Gasteiger partial charge in [-0.05, 0) is 44.6 Å². The number of thioether (sulfide) groups is 1. The molecule has 1 saturated carbocycles. The number of rotatable bonds is 4. The van der Waals surface area contributed by atoms with E-state index in [0.29, 0.717) is 6.04 Å². The van der Waals surface area contributed by atoms with Crippen molar-refractivity contribution in [3.05, 3.63) is 34.1 Å². The van der Waals surface area contributed by atoms with E-state index in [9.17, 15) is 4.39 Å². The maximum Gasteiger partial charge on any atom is 0.129 e. The Morgan fingerprint density at radius 1 is 1.44 bits per heavy atom.